The maximum atomic E-state index is 12.7. The van der Waals surface area contributed by atoms with Crippen LogP contribution in [0.25, 0.3) is 6.08 Å². The van der Waals surface area contributed by atoms with Gasteiger partial charge < -0.3 is 0 Å². The summed E-state index contributed by atoms with van der Waals surface area (Å²) in [7, 11) is -0.950. The molecule has 1 aliphatic heterocycles. The van der Waals surface area contributed by atoms with Crippen molar-refractivity contribution in [2.75, 3.05) is 0 Å². The zero-order valence-corrected chi connectivity index (χ0v) is 11.5. The molecular weight excluding hydrogens is 240 g/mol. The van der Waals surface area contributed by atoms with E-state index in [1.807, 2.05) is 0 Å². The second-order valence-electron chi connectivity index (χ2n) is 4.92. The Bertz CT molecular complexity index is 620. The second kappa shape index (κ2) is 4.36. The van der Waals surface area contributed by atoms with Gasteiger partial charge >= 0.3 is 0 Å². The molecule has 3 rings (SSSR count). The fraction of sp³-hybridized carbons (Fsp3) is 0.250. The fourth-order valence-electron chi connectivity index (χ4n) is 2.45. The first-order chi connectivity index (χ1) is 8.66. The van der Waals surface area contributed by atoms with E-state index in [4.69, 9.17) is 0 Å². The molecule has 0 aromatic heterocycles. The van der Waals surface area contributed by atoms with Gasteiger partial charge in [-0.2, -0.15) is 0 Å². The molecule has 0 fully saturated rings. The van der Waals surface area contributed by atoms with Crippen LogP contribution in [0.1, 0.15) is 23.1 Å². The van der Waals surface area contributed by atoms with Gasteiger partial charge in [0.1, 0.15) is 0 Å². The fourth-order valence-corrected chi connectivity index (χ4v) is 4.10. The molecule has 2 unspecified atom stereocenters. The molecule has 92 valence electrons. The average Bonchev–Trinajstić information content (AvgIpc) is 2.51. The van der Waals surface area contributed by atoms with Gasteiger partial charge in [0.2, 0.25) is 0 Å². The first-order valence-electron chi connectivity index (χ1n) is 6.23. The van der Waals surface area contributed by atoms with Crippen molar-refractivity contribution < 1.29 is 4.21 Å². The van der Waals surface area contributed by atoms with E-state index in [2.05, 4.69) is 56.4 Å². The molecule has 0 spiro atoms. The minimum Gasteiger partial charge on any atom is -0.254 e. The lowest BCUT2D eigenvalue weighted by Gasteiger charge is -2.18. The molecule has 1 aromatic carbocycles. The van der Waals surface area contributed by atoms with Crippen molar-refractivity contribution in [2.24, 2.45) is 0 Å². The van der Waals surface area contributed by atoms with Crippen LogP contribution in [-0.2, 0) is 10.8 Å². The SMILES string of the molecule is Cc1cc2c(cc1C)S(=O)C1CC=CC=C1C=C2. The molecule has 1 heterocycles. The van der Waals surface area contributed by atoms with Crippen LogP contribution < -0.4 is 0 Å². The highest BCUT2D eigenvalue weighted by Gasteiger charge is 2.25. The van der Waals surface area contributed by atoms with Crippen LogP contribution in [0.4, 0.5) is 0 Å². The van der Waals surface area contributed by atoms with Gasteiger partial charge in [-0.1, -0.05) is 36.4 Å². The maximum Gasteiger partial charge on any atom is 0.0678 e. The van der Waals surface area contributed by atoms with Crippen LogP contribution in [0.3, 0.4) is 0 Å². The van der Waals surface area contributed by atoms with Crippen molar-refractivity contribution in [3.63, 3.8) is 0 Å². The van der Waals surface area contributed by atoms with Crippen molar-refractivity contribution >= 4 is 16.9 Å². The van der Waals surface area contributed by atoms with E-state index in [0.717, 1.165) is 16.9 Å². The van der Waals surface area contributed by atoms with Gasteiger partial charge in [-0.3, -0.25) is 4.21 Å². The number of aryl methyl sites for hydroxylation is 2. The molecule has 0 amide bonds. The molecule has 0 radical (unpaired) electrons. The number of rotatable bonds is 0. The first-order valence-corrected chi connectivity index (χ1v) is 7.45. The Morgan fingerprint density at radius 1 is 1.17 bits per heavy atom. The van der Waals surface area contributed by atoms with Crippen LogP contribution in [0.5, 0.6) is 0 Å². The number of allylic oxidation sites excluding steroid dienone is 4. The molecule has 1 aromatic rings. The molecule has 2 atom stereocenters. The number of benzene rings is 1. The van der Waals surface area contributed by atoms with Gasteiger partial charge in [-0.25, -0.2) is 0 Å². The van der Waals surface area contributed by atoms with Crippen molar-refractivity contribution in [1.82, 2.24) is 0 Å². The summed E-state index contributed by atoms with van der Waals surface area (Å²) in [4.78, 5) is 0.984. The summed E-state index contributed by atoms with van der Waals surface area (Å²) in [5.74, 6) is 0. The van der Waals surface area contributed by atoms with E-state index in [0.29, 0.717) is 0 Å². The highest BCUT2D eigenvalue weighted by molar-refractivity contribution is 7.86. The Kier molecular flexibility index (Phi) is 2.83. The van der Waals surface area contributed by atoms with Crippen LogP contribution in [0.2, 0.25) is 0 Å². The van der Waals surface area contributed by atoms with E-state index < -0.39 is 10.8 Å². The topological polar surface area (TPSA) is 17.1 Å². The largest absolute Gasteiger partial charge is 0.254 e. The Hall–Kier alpha value is -1.41. The lowest BCUT2D eigenvalue weighted by Crippen LogP contribution is -2.17. The molecule has 2 heteroatoms. The molecule has 18 heavy (non-hydrogen) atoms. The molecule has 1 aliphatic carbocycles. The monoisotopic (exact) mass is 256 g/mol. The quantitative estimate of drug-likeness (QED) is 0.692. The Labute approximate surface area is 110 Å². The average molecular weight is 256 g/mol. The Balaban J connectivity index is 2.18. The van der Waals surface area contributed by atoms with Crippen molar-refractivity contribution in [3.8, 4) is 0 Å². The molecular formula is C16H16OS. The molecule has 0 bridgehead atoms. The first kappa shape index (κ1) is 11.7. The van der Waals surface area contributed by atoms with Crippen molar-refractivity contribution in [3.05, 3.63) is 58.7 Å². The van der Waals surface area contributed by atoms with Gasteiger partial charge in [0.15, 0.2) is 0 Å². The summed E-state index contributed by atoms with van der Waals surface area (Å²) >= 11 is 0. The number of fused-ring (bicyclic) bond motifs is 2. The summed E-state index contributed by atoms with van der Waals surface area (Å²) < 4.78 is 12.7. The van der Waals surface area contributed by atoms with Crippen LogP contribution >= 0.6 is 0 Å². The summed E-state index contributed by atoms with van der Waals surface area (Å²) in [6, 6.07) is 4.23. The Morgan fingerprint density at radius 3 is 2.78 bits per heavy atom. The highest BCUT2D eigenvalue weighted by Crippen LogP contribution is 2.32. The normalized spacial score (nSPS) is 25.1. The Morgan fingerprint density at radius 2 is 1.94 bits per heavy atom. The van der Waals surface area contributed by atoms with E-state index in [9.17, 15) is 4.21 Å². The predicted octanol–water partition coefficient (Wildman–Crippen LogP) is 3.69. The summed E-state index contributed by atoms with van der Waals surface area (Å²) in [6.45, 7) is 4.18. The molecule has 2 aliphatic rings. The van der Waals surface area contributed by atoms with Gasteiger partial charge in [-0.05, 0) is 48.6 Å². The summed E-state index contributed by atoms with van der Waals surface area (Å²) in [5, 5.41) is 0.120. The standard InChI is InChI=1S/C16H16OS/c1-11-9-14-8-7-13-5-3-4-6-15(13)18(17)16(14)10-12(11)2/h3-5,7-10,15H,6H2,1-2H3. The predicted molar refractivity (Wildman–Crippen MR) is 77.0 cm³/mol. The molecule has 0 N–H and O–H groups in total. The minimum atomic E-state index is -0.950. The van der Waals surface area contributed by atoms with Crippen molar-refractivity contribution in [2.45, 2.75) is 30.4 Å². The van der Waals surface area contributed by atoms with Gasteiger partial charge in [0, 0.05) is 4.90 Å². The third-order valence-corrected chi connectivity index (χ3v) is 5.47. The lowest BCUT2D eigenvalue weighted by atomic mass is 10.0. The summed E-state index contributed by atoms with van der Waals surface area (Å²) in [6.07, 6.45) is 11.3. The lowest BCUT2D eigenvalue weighted by molar-refractivity contribution is 0.676. The van der Waals surface area contributed by atoms with Crippen LogP contribution in [0.15, 0.2) is 46.9 Å². The molecule has 0 saturated carbocycles. The van der Waals surface area contributed by atoms with Crippen LogP contribution in [-0.4, -0.2) is 9.46 Å². The zero-order chi connectivity index (χ0) is 12.7. The molecule has 0 saturated heterocycles. The van der Waals surface area contributed by atoms with Gasteiger partial charge in [-0.15, -0.1) is 0 Å². The third kappa shape index (κ3) is 1.81. The van der Waals surface area contributed by atoms with Gasteiger partial charge in [0.05, 0.1) is 16.0 Å². The summed E-state index contributed by atoms with van der Waals surface area (Å²) in [5.41, 5.74) is 4.76. The third-order valence-electron chi connectivity index (χ3n) is 3.70. The van der Waals surface area contributed by atoms with E-state index in [1.165, 1.54) is 16.7 Å². The van der Waals surface area contributed by atoms with E-state index in [1.54, 1.807) is 0 Å². The van der Waals surface area contributed by atoms with E-state index in [-0.39, 0.29) is 5.25 Å². The molecule has 1 nitrogen and oxygen atoms in total. The smallest absolute Gasteiger partial charge is 0.0678 e. The minimum absolute atomic E-state index is 0.120. The van der Waals surface area contributed by atoms with Crippen molar-refractivity contribution in [1.29, 1.82) is 0 Å². The number of hydrogen-bond donors (Lipinski definition) is 0. The van der Waals surface area contributed by atoms with Gasteiger partial charge in [0.25, 0.3) is 0 Å². The van der Waals surface area contributed by atoms with Crippen LogP contribution in [0, 0.1) is 13.8 Å². The second-order valence-corrected chi connectivity index (χ2v) is 6.53. The highest BCUT2D eigenvalue weighted by atomic mass is 32.2. The number of hydrogen-bond acceptors (Lipinski definition) is 1. The zero-order valence-electron chi connectivity index (χ0n) is 10.6. The van der Waals surface area contributed by atoms with E-state index >= 15 is 0 Å². The maximum absolute atomic E-state index is 12.7.